The highest BCUT2D eigenvalue weighted by molar-refractivity contribution is 5.97. The fourth-order valence-electron chi connectivity index (χ4n) is 1.91. The Labute approximate surface area is 104 Å². The maximum absolute atomic E-state index is 11.6. The van der Waals surface area contributed by atoms with Crippen molar-refractivity contribution < 1.29 is 14.5 Å². The lowest BCUT2D eigenvalue weighted by molar-refractivity contribution is -0.465. The summed E-state index contributed by atoms with van der Waals surface area (Å²) < 4.78 is 5.25. The summed E-state index contributed by atoms with van der Waals surface area (Å²) in [5, 5.41) is 10.3. The topological polar surface area (TPSA) is 72.7 Å². The van der Waals surface area contributed by atoms with Crippen LogP contribution in [0.2, 0.25) is 0 Å². The van der Waals surface area contributed by atoms with E-state index in [0.29, 0.717) is 18.8 Å². The first-order valence-corrected chi connectivity index (χ1v) is 5.74. The summed E-state index contributed by atoms with van der Waals surface area (Å²) in [6.07, 6.45) is 0. The lowest BCUT2D eigenvalue weighted by Crippen LogP contribution is -2.36. The molecule has 1 aliphatic rings. The summed E-state index contributed by atoms with van der Waals surface area (Å²) in [7, 11) is 0. The van der Waals surface area contributed by atoms with Crippen molar-refractivity contribution in [1.82, 2.24) is 0 Å². The molecule has 0 saturated carbocycles. The molecule has 0 amide bonds. The molecule has 1 aromatic rings. The van der Waals surface area contributed by atoms with Crippen molar-refractivity contribution in [2.24, 2.45) is 0 Å². The lowest BCUT2D eigenvalue weighted by Gasteiger charge is -2.29. The van der Waals surface area contributed by atoms with Gasteiger partial charge < -0.3 is 9.64 Å². The third-order valence-electron chi connectivity index (χ3n) is 2.82. The Morgan fingerprint density at radius 1 is 1.39 bits per heavy atom. The predicted molar refractivity (Wildman–Crippen MR) is 65.7 cm³/mol. The number of morpholine rings is 1. The van der Waals surface area contributed by atoms with Gasteiger partial charge in [0.25, 0.3) is 6.54 Å². The van der Waals surface area contributed by atoms with Gasteiger partial charge in [-0.3, -0.25) is 14.9 Å². The molecular weight excluding hydrogens is 236 g/mol. The van der Waals surface area contributed by atoms with E-state index < -0.39 is 17.3 Å². The maximum atomic E-state index is 11.6. The average molecular weight is 250 g/mol. The molecule has 2 rings (SSSR count). The van der Waals surface area contributed by atoms with Crippen LogP contribution in [0.1, 0.15) is 10.4 Å². The minimum Gasteiger partial charge on any atom is -0.378 e. The standard InChI is InChI=1S/C12H14N2O4/c15-12(9-14(16)17)10-2-1-3-11(8-10)13-4-6-18-7-5-13/h1-3,8H,4-7,9H2. The van der Waals surface area contributed by atoms with E-state index in [1.807, 2.05) is 6.07 Å². The molecule has 1 heterocycles. The van der Waals surface area contributed by atoms with Crippen molar-refractivity contribution in [2.45, 2.75) is 0 Å². The molecule has 0 unspecified atom stereocenters. The molecule has 0 aliphatic carbocycles. The van der Waals surface area contributed by atoms with E-state index in [1.165, 1.54) is 0 Å². The molecule has 6 nitrogen and oxygen atoms in total. The quantitative estimate of drug-likeness (QED) is 0.452. The highest BCUT2D eigenvalue weighted by Crippen LogP contribution is 2.17. The molecule has 1 saturated heterocycles. The number of nitro groups is 1. The van der Waals surface area contributed by atoms with Crippen LogP contribution in [0.3, 0.4) is 0 Å². The van der Waals surface area contributed by atoms with Crippen molar-refractivity contribution in [3.05, 3.63) is 39.9 Å². The SMILES string of the molecule is O=C(C[N+](=O)[O-])c1cccc(N2CCOCC2)c1. The lowest BCUT2D eigenvalue weighted by atomic mass is 10.1. The summed E-state index contributed by atoms with van der Waals surface area (Å²) in [6, 6.07) is 6.96. The van der Waals surface area contributed by atoms with Crippen LogP contribution in [-0.4, -0.2) is 43.6 Å². The number of hydrogen-bond donors (Lipinski definition) is 0. The fourth-order valence-corrected chi connectivity index (χ4v) is 1.91. The highest BCUT2D eigenvalue weighted by atomic mass is 16.6. The van der Waals surface area contributed by atoms with Crippen molar-refractivity contribution in [2.75, 3.05) is 37.7 Å². The van der Waals surface area contributed by atoms with Gasteiger partial charge in [0.05, 0.1) is 13.2 Å². The number of ether oxygens (including phenoxy) is 1. The molecule has 6 heteroatoms. The van der Waals surface area contributed by atoms with Crippen LogP contribution in [0, 0.1) is 10.1 Å². The third-order valence-corrected chi connectivity index (χ3v) is 2.82. The van der Waals surface area contributed by atoms with E-state index in [9.17, 15) is 14.9 Å². The molecule has 1 aliphatic heterocycles. The van der Waals surface area contributed by atoms with Crippen molar-refractivity contribution >= 4 is 11.5 Å². The van der Waals surface area contributed by atoms with E-state index in [1.54, 1.807) is 18.2 Å². The van der Waals surface area contributed by atoms with Gasteiger partial charge in [-0.05, 0) is 12.1 Å². The molecule has 0 atom stereocenters. The second-order valence-corrected chi connectivity index (χ2v) is 4.06. The number of carbonyl (C=O) groups is 1. The highest BCUT2D eigenvalue weighted by Gasteiger charge is 2.16. The van der Waals surface area contributed by atoms with Crippen LogP contribution in [-0.2, 0) is 4.74 Å². The monoisotopic (exact) mass is 250 g/mol. The van der Waals surface area contributed by atoms with Gasteiger partial charge in [0.2, 0.25) is 5.78 Å². The first kappa shape index (κ1) is 12.5. The second kappa shape index (κ2) is 5.59. The molecule has 0 bridgehead atoms. The van der Waals surface area contributed by atoms with Gasteiger partial charge in [-0.15, -0.1) is 0 Å². The van der Waals surface area contributed by atoms with E-state index in [0.717, 1.165) is 18.8 Å². The molecule has 0 spiro atoms. The number of ketones is 1. The van der Waals surface area contributed by atoms with Crippen LogP contribution in [0.4, 0.5) is 5.69 Å². The average Bonchev–Trinajstić information content (AvgIpc) is 2.39. The molecule has 18 heavy (non-hydrogen) atoms. The Hall–Kier alpha value is -1.95. The van der Waals surface area contributed by atoms with Crippen LogP contribution in [0.5, 0.6) is 0 Å². The number of benzene rings is 1. The van der Waals surface area contributed by atoms with Crippen LogP contribution >= 0.6 is 0 Å². The minimum atomic E-state index is -0.660. The van der Waals surface area contributed by atoms with E-state index in [2.05, 4.69) is 4.90 Å². The zero-order chi connectivity index (χ0) is 13.0. The summed E-state index contributed by atoms with van der Waals surface area (Å²) >= 11 is 0. The molecule has 96 valence electrons. The number of Topliss-reactive ketones (excluding diaryl/α,β-unsaturated/α-hetero) is 1. The maximum Gasteiger partial charge on any atom is 0.265 e. The van der Waals surface area contributed by atoms with Gasteiger partial charge in [0.15, 0.2) is 0 Å². The Balaban J connectivity index is 2.13. The van der Waals surface area contributed by atoms with Crippen molar-refractivity contribution in [3.63, 3.8) is 0 Å². The summed E-state index contributed by atoms with van der Waals surface area (Å²) in [5.41, 5.74) is 1.29. The Kier molecular flexibility index (Phi) is 3.88. The van der Waals surface area contributed by atoms with Gasteiger partial charge >= 0.3 is 0 Å². The Morgan fingerprint density at radius 3 is 2.78 bits per heavy atom. The largest absolute Gasteiger partial charge is 0.378 e. The fraction of sp³-hybridized carbons (Fsp3) is 0.417. The summed E-state index contributed by atoms with van der Waals surface area (Å²) in [4.78, 5) is 23.4. The Bertz CT molecular complexity index is 455. The first-order valence-electron chi connectivity index (χ1n) is 5.74. The minimum absolute atomic E-state index is 0.385. The number of nitrogens with zero attached hydrogens (tertiary/aromatic N) is 2. The zero-order valence-electron chi connectivity index (χ0n) is 9.87. The summed E-state index contributed by atoms with van der Waals surface area (Å²) in [5.74, 6) is -0.463. The molecule has 1 aromatic carbocycles. The van der Waals surface area contributed by atoms with Gasteiger partial charge in [0, 0.05) is 29.3 Å². The van der Waals surface area contributed by atoms with E-state index in [4.69, 9.17) is 4.74 Å². The third kappa shape index (κ3) is 3.04. The molecular formula is C12H14N2O4. The van der Waals surface area contributed by atoms with Gasteiger partial charge in [0.1, 0.15) is 0 Å². The van der Waals surface area contributed by atoms with Gasteiger partial charge in [-0.2, -0.15) is 0 Å². The molecule has 0 aromatic heterocycles. The van der Waals surface area contributed by atoms with Crippen LogP contribution in [0.15, 0.2) is 24.3 Å². The zero-order valence-corrected chi connectivity index (χ0v) is 9.87. The number of rotatable bonds is 4. The van der Waals surface area contributed by atoms with Gasteiger partial charge in [-0.1, -0.05) is 12.1 Å². The van der Waals surface area contributed by atoms with E-state index >= 15 is 0 Å². The second-order valence-electron chi connectivity index (χ2n) is 4.06. The van der Waals surface area contributed by atoms with Crippen LogP contribution in [0.25, 0.3) is 0 Å². The molecule has 1 fully saturated rings. The first-order chi connectivity index (χ1) is 8.66. The molecule has 0 radical (unpaired) electrons. The van der Waals surface area contributed by atoms with Crippen LogP contribution < -0.4 is 4.90 Å². The van der Waals surface area contributed by atoms with Gasteiger partial charge in [-0.25, -0.2) is 0 Å². The normalized spacial score (nSPS) is 15.4. The number of anilines is 1. The smallest absolute Gasteiger partial charge is 0.265 e. The number of carbonyl (C=O) groups excluding carboxylic acids is 1. The molecule has 0 N–H and O–H groups in total. The van der Waals surface area contributed by atoms with E-state index in [-0.39, 0.29) is 0 Å². The van der Waals surface area contributed by atoms with Crippen molar-refractivity contribution in [1.29, 1.82) is 0 Å². The Morgan fingerprint density at radius 2 is 2.11 bits per heavy atom. The predicted octanol–water partition coefficient (Wildman–Crippen LogP) is 0.983. The summed E-state index contributed by atoms with van der Waals surface area (Å²) in [6.45, 7) is 2.20. The number of hydrogen-bond acceptors (Lipinski definition) is 5. The van der Waals surface area contributed by atoms with Crippen molar-refractivity contribution in [3.8, 4) is 0 Å².